The number of rotatable bonds is 6. The SMILES string of the molecule is CC(C)(C)OC(=O)[C@H]1O[C@@]2(CCC=O)O[C@](C(=O)OC(C)(C)C)([C@H](O)[C@H]2O)[C@]1(O)C(=O)OC(C)(C)C. The summed E-state index contributed by atoms with van der Waals surface area (Å²) >= 11 is 0. The van der Waals surface area contributed by atoms with Crippen molar-refractivity contribution in [3.63, 3.8) is 0 Å². The fourth-order valence-electron chi connectivity index (χ4n) is 4.11. The van der Waals surface area contributed by atoms with E-state index < -0.39 is 76.4 Å². The summed E-state index contributed by atoms with van der Waals surface area (Å²) in [5.74, 6) is -6.68. The Morgan fingerprint density at radius 1 is 0.833 bits per heavy atom. The fourth-order valence-corrected chi connectivity index (χ4v) is 4.11. The molecule has 6 atom stereocenters. The van der Waals surface area contributed by atoms with Gasteiger partial charge in [-0.3, -0.25) is 0 Å². The van der Waals surface area contributed by atoms with Crippen LogP contribution in [0.2, 0.25) is 0 Å². The second-order valence-electron chi connectivity index (χ2n) is 12.0. The molecule has 2 heterocycles. The molecule has 0 aromatic rings. The lowest BCUT2D eigenvalue weighted by molar-refractivity contribution is -0.378. The maximum atomic E-state index is 13.6. The molecule has 12 nitrogen and oxygen atoms in total. The number of aliphatic hydroxyl groups is 3. The van der Waals surface area contributed by atoms with E-state index in [0.29, 0.717) is 6.29 Å². The summed E-state index contributed by atoms with van der Waals surface area (Å²) < 4.78 is 27.5. The summed E-state index contributed by atoms with van der Waals surface area (Å²) in [6.07, 6.45) is -7.03. The molecule has 0 aliphatic carbocycles. The van der Waals surface area contributed by atoms with E-state index in [1.807, 2.05) is 0 Å². The Balaban J connectivity index is 2.88. The summed E-state index contributed by atoms with van der Waals surface area (Å²) in [4.78, 5) is 51.7. The van der Waals surface area contributed by atoms with Gasteiger partial charge in [-0.25, -0.2) is 14.4 Å². The predicted octanol–water partition coefficient (Wildman–Crippen LogP) is 0.308. The average Bonchev–Trinajstić information content (AvgIpc) is 2.86. The third kappa shape index (κ3) is 5.28. The van der Waals surface area contributed by atoms with Gasteiger partial charge >= 0.3 is 17.9 Å². The molecule has 12 heteroatoms. The van der Waals surface area contributed by atoms with E-state index in [-0.39, 0.29) is 6.42 Å². The van der Waals surface area contributed by atoms with Gasteiger partial charge in [0, 0.05) is 12.8 Å². The number of ether oxygens (including phenoxy) is 5. The molecule has 2 saturated heterocycles. The van der Waals surface area contributed by atoms with Crippen LogP contribution in [-0.4, -0.2) is 91.6 Å². The Hall–Kier alpha value is -2.12. The molecule has 0 amide bonds. The number of aldehydes is 1. The average molecular weight is 519 g/mol. The van der Waals surface area contributed by atoms with Crippen molar-refractivity contribution in [1.29, 1.82) is 0 Å². The normalized spacial score (nSPS) is 34.6. The van der Waals surface area contributed by atoms with Crippen molar-refractivity contribution < 1.29 is 58.2 Å². The van der Waals surface area contributed by atoms with E-state index in [4.69, 9.17) is 23.7 Å². The van der Waals surface area contributed by atoms with Gasteiger partial charge in [0.15, 0.2) is 5.79 Å². The van der Waals surface area contributed by atoms with Crippen molar-refractivity contribution in [3.05, 3.63) is 0 Å². The highest BCUT2D eigenvalue weighted by Crippen LogP contribution is 2.55. The topological polar surface area (TPSA) is 175 Å². The first-order chi connectivity index (χ1) is 16.1. The van der Waals surface area contributed by atoms with Crippen molar-refractivity contribution in [2.24, 2.45) is 0 Å². The minimum atomic E-state index is -3.38. The molecule has 0 aromatic carbocycles. The number of hydrogen-bond acceptors (Lipinski definition) is 12. The van der Waals surface area contributed by atoms with E-state index in [2.05, 4.69) is 0 Å². The monoisotopic (exact) mass is 518 g/mol. The van der Waals surface area contributed by atoms with Crippen molar-refractivity contribution in [2.45, 2.75) is 127 Å². The van der Waals surface area contributed by atoms with Gasteiger partial charge in [-0.1, -0.05) is 0 Å². The molecule has 2 rings (SSSR count). The second-order valence-corrected chi connectivity index (χ2v) is 12.0. The molecule has 206 valence electrons. The molecule has 3 N–H and O–H groups in total. The number of carbonyl (C=O) groups excluding carboxylic acids is 4. The molecule has 2 aliphatic heterocycles. The van der Waals surface area contributed by atoms with Gasteiger partial charge in [0.25, 0.3) is 0 Å². The van der Waals surface area contributed by atoms with Gasteiger partial charge in [0.2, 0.25) is 17.3 Å². The maximum absolute atomic E-state index is 13.6. The molecular weight excluding hydrogens is 480 g/mol. The molecule has 2 fully saturated rings. The van der Waals surface area contributed by atoms with Crippen LogP contribution in [0.25, 0.3) is 0 Å². The Bertz CT molecular complexity index is 894. The number of aliphatic hydroxyl groups excluding tert-OH is 2. The standard InChI is InChI=1S/C24H38O12/c1-19(2,3)33-16(28)15-23(31,17(29)34-20(4,5)6)24(18(30)35-21(7,8)9)14(27)13(26)22(32-15,36-24)11-10-12-25/h12-15,26-27,31H,10-11H2,1-9H3/t13-,14-,15-,22+,23-,24+/m1/s1. The zero-order valence-corrected chi connectivity index (χ0v) is 22.2. The van der Waals surface area contributed by atoms with Gasteiger partial charge in [0.1, 0.15) is 35.3 Å². The summed E-state index contributed by atoms with van der Waals surface area (Å²) in [5, 5.41) is 34.2. The number of fused-ring (bicyclic) bond motifs is 2. The van der Waals surface area contributed by atoms with Crippen LogP contribution in [0.1, 0.15) is 75.2 Å². The highest BCUT2D eigenvalue weighted by molar-refractivity contribution is 5.99. The van der Waals surface area contributed by atoms with Crippen LogP contribution in [0, 0.1) is 0 Å². The molecular formula is C24H38O12. The van der Waals surface area contributed by atoms with Crippen LogP contribution in [0.5, 0.6) is 0 Å². The Kier molecular flexibility index (Phi) is 7.79. The minimum Gasteiger partial charge on any atom is -0.458 e. The van der Waals surface area contributed by atoms with Crippen molar-refractivity contribution in [2.75, 3.05) is 0 Å². The molecule has 36 heavy (non-hydrogen) atoms. The van der Waals surface area contributed by atoms with Crippen molar-refractivity contribution in [3.8, 4) is 0 Å². The number of esters is 3. The molecule has 0 spiro atoms. The third-order valence-corrected chi connectivity index (χ3v) is 5.41. The van der Waals surface area contributed by atoms with Crippen molar-refractivity contribution >= 4 is 24.2 Å². The van der Waals surface area contributed by atoms with Crippen molar-refractivity contribution in [1.82, 2.24) is 0 Å². The van der Waals surface area contributed by atoms with Crippen LogP contribution >= 0.6 is 0 Å². The van der Waals surface area contributed by atoms with Gasteiger partial charge in [0.05, 0.1) is 0 Å². The van der Waals surface area contributed by atoms with E-state index in [0.717, 1.165) is 0 Å². The highest BCUT2D eigenvalue weighted by atomic mass is 16.8. The lowest BCUT2D eigenvalue weighted by Crippen LogP contribution is -2.79. The zero-order valence-electron chi connectivity index (χ0n) is 22.2. The predicted molar refractivity (Wildman–Crippen MR) is 121 cm³/mol. The Morgan fingerprint density at radius 3 is 1.75 bits per heavy atom. The first-order valence-electron chi connectivity index (χ1n) is 11.7. The van der Waals surface area contributed by atoms with E-state index in [1.54, 1.807) is 0 Å². The smallest absolute Gasteiger partial charge is 0.346 e. The van der Waals surface area contributed by atoms with Crippen LogP contribution in [-0.2, 0) is 42.9 Å². The summed E-state index contributed by atoms with van der Waals surface area (Å²) in [7, 11) is 0. The number of carbonyl (C=O) groups is 4. The first-order valence-corrected chi connectivity index (χ1v) is 11.7. The highest BCUT2D eigenvalue weighted by Gasteiger charge is 2.85. The Morgan fingerprint density at radius 2 is 1.31 bits per heavy atom. The molecule has 0 saturated carbocycles. The van der Waals surface area contributed by atoms with Crippen LogP contribution in [0.4, 0.5) is 0 Å². The van der Waals surface area contributed by atoms with Crippen LogP contribution < -0.4 is 0 Å². The second kappa shape index (κ2) is 9.32. The molecule has 0 radical (unpaired) electrons. The van der Waals surface area contributed by atoms with Gasteiger partial charge in [-0.2, -0.15) is 0 Å². The van der Waals surface area contributed by atoms with E-state index in [9.17, 15) is 34.5 Å². The molecule has 0 aromatic heterocycles. The minimum absolute atomic E-state index is 0.292. The van der Waals surface area contributed by atoms with Crippen LogP contribution in [0.15, 0.2) is 0 Å². The quantitative estimate of drug-likeness (QED) is 0.250. The number of hydrogen-bond donors (Lipinski definition) is 3. The maximum Gasteiger partial charge on any atom is 0.346 e. The summed E-state index contributed by atoms with van der Waals surface area (Å²) in [5.41, 5.74) is -10.1. The largest absolute Gasteiger partial charge is 0.458 e. The zero-order chi connectivity index (χ0) is 28.1. The lowest BCUT2D eigenvalue weighted by atomic mass is 9.74. The first kappa shape index (κ1) is 30.1. The van der Waals surface area contributed by atoms with Gasteiger partial charge in [-0.15, -0.1) is 0 Å². The molecule has 2 aliphatic rings. The van der Waals surface area contributed by atoms with Crippen LogP contribution in [0.3, 0.4) is 0 Å². The van der Waals surface area contributed by atoms with E-state index >= 15 is 0 Å². The lowest BCUT2D eigenvalue weighted by Gasteiger charge is -2.51. The van der Waals surface area contributed by atoms with Gasteiger partial charge in [-0.05, 0) is 62.3 Å². The fraction of sp³-hybridized carbons (Fsp3) is 0.833. The third-order valence-electron chi connectivity index (χ3n) is 5.41. The van der Waals surface area contributed by atoms with E-state index in [1.165, 1.54) is 62.3 Å². The summed E-state index contributed by atoms with van der Waals surface area (Å²) in [6.45, 7) is 13.4. The molecule has 2 bridgehead atoms. The molecule has 0 unspecified atom stereocenters. The summed E-state index contributed by atoms with van der Waals surface area (Å²) in [6, 6.07) is 0. The Labute approximate surface area is 210 Å². The van der Waals surface area contributed by atoms with Gasteiger partial charge < -0.3 is 43.8 Å².